The molecule has 4 aromatic heterocycles. The standard InChI is InChI=1S/C24H28ClN5O3S.C24H29N5O3S/c1-4-27(5-2)19(31)14-30-15-26-22-20(23(30)32)16(3)21(34-22)24(33)29-12-10-28(11-13-29)18-9-7-6-8-17(18)25;1-4-26(5-2)19(30)15-29-16-25-22-20(23(29)31)17(3)21(33-22)24(32)28-13-11-27(12-14-28)18-9-7-6-8-10-18/h6-9,15H,4-5,10-14H2,1-3H3;6-10,16H,4-5,11-15H2,1-3H3. The van der Waals surface area contributed by atoms with Crippen LogP contribution in [0.15, 0.2) is 76.8 Å². The first-order chi connectivity index (χ1) is 32.3. The molecule has 6 aromatic rings. The molecule has 2 saturated heterocycles. The van der Waals surface area contributed by atoms with Gasteiger partial charge < -0.3 is 29.4 Å². The van der Waals surface area contributed by atoms with E-state index in [9.17, 15) is 28.8 Å². The summed E-state index contributed by atoms with van der Waals surface area (Å²) in [7, 11) is 0. The summed E-state index contributed by atoms with van der Waals surface area (Å²) in [5.74, 6) is -0.407. The summed E-state index contributed by atoms with van der Waals surface area (Å²) in [4.78, 5) is 100. The average Bonchev–Trinajstić information content (AvgIpc) is 3.88. The lowest BCUT2D eigenvalue weighted by Crippen LogP contribution is -2.48. The monoisotopic (exact) mass is 968 g/mol. The zero-order valence-corrected chi connectivity index (χ0v) is 41.3. The van der Waals surface area contributed by atoms with Crippen LogP contribution in [0.1, 0.15) is 58.2 Å². The fourth-order valence-corrected chi connectivity index (χ4v) is 11.0. The molecule has 19 heteroatoms. The average molecular weight is 970 g/mol. The second kappa shape index (κ2) is 21.7. The Labute approximate surface area is 402 Å². The number of fused-ring (bicyclic) bond motifs is 2. The molecule has 2 aliphatic heterocycles. The van der Waals surface area contributed by atoms with Crippen molar-refractivity contribution in [3.05, 3.63) is 114 Å². The SMILES string of the molecule is CCN(CC)C(=O)Cn1cnc2sc(C(=O)N3CCN(c4ccccc4)CC3)c(C)c2c1=O.CCN(CC)C(=O)Cn1cnc2sc(C(=O)N3CCN(c4ccccc4Cl)CC3)c(C)c2c1=O. The Morgan fingerprint density at radius 3 is 1.40 bits per heavy atom. The fourth-order valence-electron chi connectivity index (χ4n) is 8.55. The van der Waals surface area contributed by atoms with Crippen LogP contribution in [0.4, 0.5) is 11.4 Å². The van der Waals surface area contributed by atoms with Gasteiger partial charge in [0.2, 0.25) is 11.8 Å². The van der Waals surface area contributed by atoms with Crippen LogP contribution in [0.5, 0.6) is 0 Å². The molecular formula is C48H57ClN10O6S2. The van der Waals surface area contributed by atoms with Crippen LogP contribution in [0.2, 0.25) is 5.02 Å². The summed E-state index contributed by atoms with van der Waals surface area (Å²) in [6.07, 6.45) is 2.81. The molecule has 0 unspecified atom stereocenters. The molecule has 354 valence electrons. The van der Waals surface area contributed by atoms with Crippen LogP contribution in [-0.2, 0) is 22.7 Å². The van der Waals surface area contributed by atoms with Crippen LogP contribution in [0, 0.1) is 13.8 Å². The molecule has 0 atom stereocenters. The zero-order valence-electron chi connectivity index (χ0n) is 38.9. The molecule has 67 heavy (non-hydrogen) atoms. The number of aromatic nitrogens is 4. The smallest absolute Gasteiger partial charge is 0.264 e. The van der Waals surface area contributed by atoms with Crippen molar-refractivity contribution in [3.63, 3.8) is 0 Å². The lowest BCUT2D eigenvalue weighted by atomic mass is 10.2. The molecule has 6 heterocycles. The van der Waals surface area contributed by atoms with Gasteiger partial charge >= 0.3 is 0 Å². The van der Waals surface area contributed by atoms with Gasteiger partial charge in [0.25, 0.3) is 22.9 Å². The quantitative estimate of drug-likeness (QED) is 0.146. The first-order valence-electron chi connectivity index (χ1n) is 22.7. The molecule has 8 rings (SSSR count). The van der Waals surface area contributed by atoms with Crippen LogP contribution >= 0.6 is 34.3 Å². The van der Waals surface area contributed by atoms with E-state index in [0.29, 0.717) is 112 Å². The molecule has 2 aromatic carbocycles. The molecular weight excluding hydrogens is 912 g/mol. The Hall–Kier alpha value is -6.11. The zero-order chi connectivity index (χ0) is 47.9. The predicted octanol–water partition coefficient (Wildman–Crippen LogP) is 5.85. The van der Waals surface area contributed by atoms with Crippen molar-refractivity contribution in [2.75, 3.05) is 88.3 Å². The maximum Gasteiger partial charge on any atom is 0.264 e. The van der Waals surface area contributed by atoms with Crippen LogP contribution in [0.25, 0.3) is 20.4 Å². The molecule has 16 nitrogen and oxygen atoms in total. The normalized spacial score (nSPS) is 14.0. The van der Waals surface area contributed by atoms with Crippen molar-refractivity contribution in [2.24, 2.45) is 0 Å². The largest absolute Gasteiger partial charge is 0.368 e. The van der Waals surface area contributed by atoms with Gasteiger partial charge in [-0.15, -0.1) is 22.7 Å². The predicted molar refractivity (Wildman–Crippen MR) is 267 cm³/mol. The van der Waals surface area contributed by atoms with E-state index in [1.54, 1.807) is 23.6 Å². The fraction of sp³-hybridized carbons (Fsp3) is 0.417. The number of piperazine rings is 2. The van der Waals surface area contributed by atoms with E-state index >= 15 is 0 Å². The first kappa shape index (κ1) is 48.8. The molecule has 0 bridgehead atoms. The lowest BCUT2D eigenvalue weighted by Gasteiger charge is -2.36. The van der Waals surface area contributed by atoms with Gasteiger partial charge in [-0.3, -0.25) is 37.9 Å². The third kappa shape index (κ3) is 10.4. The van der Waals surface area contributed by atoms with E-state index < -0.39 is 0 Å². The number of amides is 4. The van der Waals surface area contributed by atoms with E-state index in [0.717, 1.165) is 24.5 Å². The summed E-state index contributed by atoms with van der Waals surface area (Å²) in [6.45, 7) is 18.7. The highest BCUT2D eigenvalue weighted by molar-refractivity contribution is 7.21. The van der Waals surface area contributed by atoms with Crippen LogP contribution in [0.3, 0.4) is 0 Å². The van der Waals surface area contributed by atoms with Gasteiger partial charge in [-0.1, -0.05) is 41.9 Å². The maximum absolute atomic E-state index is 13.3. The maximum atomic E-state index is 13.3. The minimum absolute atomic E-state index is 0.0521. The van der Waals surface area contributed by atoms with E-state index in [2.05, 4.69) is 31.9 Å². The van der Waals surface area contributed by atoms with Crippen molar-refractivity contribution in [1.29, 1.82) is 0 Å². The van der Waals surface area contributed by atoms with Crippen molar-refractivity contribution >= 4 is 89.7 Å². The third-order valence-electron chi connectivity index (χ3n) is 12.5. The molecule has 0 spiro atoms. The Bertz CT molecular complexity index is 2870. The van der Waals surface area contributed by atoms with E-state index in [1.165, 1.54) is 44.5 Å². The second-order valence-electron chi connectivity index (χ2n) is 16.3. The number of halogens is 1. The topological polar surface area (TPSA) is 158 Å². The molecule has 2 aliphatic rings. The van der Waals surface area contributed by atoms with Gasteiger partial charge in [-0.25, -0.2) is 9.97 Å². The molecule has 0 radical (unpaired) electrons. The van der Waals surface area contributed by atoms with Gasteiger partial charge in [0.1, 0.15) is 22.8 Å². The van der Waals surface area contributed by atoms with Crippen molar-refractivity contribution in [3.8, 4) is 0 Å². The molecule has 0 N–H and O–H groups in total. The van der Waals surface area contributed by atoms with E-state index in [1.807, 2.05) is 80.0 Å². The number of thiophene rings is 2. The number of anilines is 2. The Balaban J connectivity index is 0.000000199. The summed E-state index contributed by atoms with van der Waals surface area (Å²) >= 11 is 8.82. The number of hydrogen-bond donors (Lipinski definition) is 0. The van der Waals surface area contributed by atoms with Gasteiger partial charge in [0, 0.05) is 84.2 Å². The minimum atomic E-state index is -0.290. The number of nitrogens with zero attached hydrogens (tertiary/aromatic N) is 10. The number of likely N-dealkylation sites (N-methyl/N-ethyl adjacent to an activating group) is 2. The summed E-state index contributed by atoms with van der Waals surface area (Å²) in [5.41, 5.74) is 2.84. The Morgan fingerprint density at radius 2 is 0.985 bits per heavy atom. The minimum Gasteiger partial charge on any atom is -0.368 e. The molecule has 2 fully saturated rings. The lowest BCUT2D eigenvalue weighted by molar-refractivity contribution is -0.132. The van der Waals surface area contributed by atoms with E-state index in [4.69, 9.17) is 11.6 Å². The second-order valence-corrected chi connectivity index (χ2v) is 18.7. The van der Waals surface area contributed by atoms with Gasteiger partial charge in [-0.05, 0) is 76.9 Å². The van der Waals surface area contributed by atoms with Gasteiger partial charge in [0.05, 0.1) is 43.9 Å². The van der Waals surface area contributed by atoms with Crippen LogP contribution < -0.4 is 20.9 Å². The molecule has 0 aliphatic carbocycles. The number of rotatable bonds is 12. The molecule has 0 saturated carbocycles. The first-order valence-corrected chi connectivity index (χ1v) is 24.7. The highest BCUT2D eigenvalue weighted by Crippen LogP contribution is 2.31. The van der Waals surface area contributed by atoms with Crippen molar-refractivity contribution in [1.82, 2.24) is 38.7 Å². The third-order valence-corrected chi connectivity index (χ3v) is 15.2. The number of carbonyl (C=O) groups is 4. The highest BCUT2D eigenvalue weighted by Gasteiger charge is 2.29. The number of benzene rings is 2. The number of hydrogen-bond acceptors (Lipinski definition) is 12. The van der Waals surface area contributed by atoms with Gasteiger partial charge in [0.15, 0.2) is 0 Å². The molecule has 4 amide bonds. The summed E-state index contributed by atoms with van der Waals surface area (Å²) in [6, 6.07) is 17.9. The Kier molecular flexibility index (Phi) is 15.8. The van der Waals surface area contributed by atoms with E-state index in [-0.39, 0.29) is 47.8 Å². The van der Waals surface area contributed by atoms with Crippen molar-refractivity contribution < 1.29 is 19.2 Å². The number of aryl methyl sites for hydroxylation is 2. The summed E-state index contributed by atoms with van der Waals surface area (Å²) in [5, 5.41) is 1.54. The van der Waals surface area contributed by atoms with Crippen molar-refractivity contribution in [2.45, 2.75) is 54.6 Å². The van der Waals surface area contributed by atoms with Gasteiger partial charge in [-0.2, -0.15) is 0 Å². The Morgan fingerprint density at radius 1 is 0.582 bits per heavy atom. The summed E-state index contributed by atoms with van der Waals surface area (Å²) < 4.78 is 2.68. The number of para-hydroxylation sites is 2. The number of carbonyl (C=O) groups excluding carboxylic acids is 4. The van der Waals surface area contributed by atoms with Crippen LogP contribution in [-0.4, -0.2) is 141 Å². The highest BCUT2D eigenvalue weighted by atomic mass is 35.5.